The van der Waals surface area contributed by atoms with Crippen LogP contribution in [0, 0.1) is 0 Å². The van der Waals surface area contributed by atoms with Crippen molar-refractivity contribution < 1.29 is 9.63 Å². The monoisotopic (exact) mass is 225 g/mol. The van der Waals surface area contributed by atoms with Gasteiger partial charge in [-0.2, -0.15) is 4.98 Å². The highest BCUT2D eigenvalue weighted by molar-refractivity contribution is 7.09. The van der Waals surface area contributed by atoms with E-state index in [1.165, 1.54) is 4.88 Å². The topological polar surface area (TPSA) is 85.2 Å². The van der Waals surface area contributed by atoms with Crippen LogP contribution < -0.4 is 5.73 Å². The summed E-state index contributed by atoms with van der Waals surface area (Å²) in [5.74, 6) is 0.875. The van der Waals surface area contributed by atoms with Crippen molar-refractivity contribution in [3.8, 4) is 0 Å². The van der Waals surface area contributed by atoms with E-state index in [-0.39, 0.29) is 12.5 Å². The molecule has 0 aromatic carbocycles. The summed E-state index contributed by atoms with van der Waals surface area (Å²) in [5, 5.41) is 14.6. The number of aliphatic hydroxyl groups excluding tert-OH is 1. The maximum atomic E-state index is 8.80. The first-order chi connectivity index (χ1) is 7.29. The van der Waals surface area contributed by atoms with E-state index in [1.807, 2.05) is 17.5 Å². The predicted molar refractivity (Wildman–Crippen MR) is 55.4 cm³/mol. The lowest BCUT2D eigenvalue weighted by Gasteiger charge is -1.98. The smallest absolute Gasteiger partial charge is 0.245 e. The second-order valence-corrected chi connectivity index (χ2v) is 4.13. The van der Waals surface area contributed by atoms with Crippen LogP contribution in [0.5, 0.6) is 0 Å². The summed E-state index contributed by atoms with van der Waals surface area (Å²) in [6.07, 6.45) is 0.638. The first-order valence-electron chi connectivity index (χ1n) is 4.51. The van der Waals surface area contributed by atoms with Crippen LogP contribution in [0.1, 0.15) is 22.6 Å². The Labute approximate surface area is 90.5 Å². The van der Waals surface area contributed by atoms with Gasteiger partial charge in [0.1, 0.15) is 6.04 Å². The minimum atomic E-state index is -0.588. The SMILES string of the molecule is N[C@@H](CO)c1nc(Cc2cccs2)no1. The quantitative estimate of drug-likeness (QED) is 0.800. The van der Waals surface area contributed by atoms with E-state index in [9.17, 15) is 0 Å². The lowest BCUT2D eigenvalue weighted by molar-refractivity contribution is 0.236. The van der Waals surface area contributed by atoms with Crippen LogP contribution in [0.25, 0.3) is 0 Å². The van der Waals surface area contributed by atoms with Gasteiger partial charge in [0.05, 0.1) is 6.61 Å². The number of hydrogen-bond donors (Lipinski definition) is 2. The van der Waals surface area contributed by atoms with E-state index in [4.69, 9.17) is 15.4 Å². The Hall–Kier alpha value is -1.24. The molecule has 80 valence electrons. The van der Waals surface area contributed by atoms with Crippen molar-refractivity contribution in [3.05, 3.63) is 34.1 Å². The predicted octanol–water partition coefficient (Wildman–Crippen LogP) is 0.714. The van der Waals surface area contributed by atoms with E-state index in [1.54, 1.807) is 11.3 Å². The fraction of sp³-hybridized carbons (Fsp3) is 0.333. The number of aromatic nitrogens is 2. The third kappa shape index (κ3) is 2.41. The van der Waals surface area contributed by atoms with Crippen LogP contribution in [0.3, 0.4) is 0 Å². The molecule has 0 spiro atoms. The van der Waals surface area contributed by atoms with Crippen LogP contribution in [0.4, 0.5) is 0 Å². The van der Waals surface area contributed by atoms with Gasteiger partial charge in [0.25, 0.3) is 0 Å². The molecule has 2 rings (SSSR count). The average molecular weight is 225 g/mol. The summed E-state index contributed by atoms with van der Waals surface area (Å²) >= 11 is 1.64. The summed E-state index contributed by atoms with van der Waals surface area (Å²) in [6.45, 7) is -0.194. The molecule has 5 nitrogen and oxygen atoms in total. The molecule has 3 N–H and O–H groups in total. The lowest BCUT2D eigenvalue weighted by Crippen LogP contribution is -2.14. The second-order valence-electron chi connectivity index (χ2n) is 3.09. The number of nitrogens with zero attached hydrogens (tertiary/aromatic N) is 2. The molecule has 6 heteroatoms. The molecule has 0 radical (unpaired) electrons. The highest BCUT2D eigenvalue weighted by Crippen LogP contribution is 2.14. The zero-order chi connectivity index (χ0) is 10.7. The molecule has 0 saturated carbocycles. The minimum absolute atomic E-state index is 0.194. The van der Waals surface area contributed by atoms with Gasteiger partial charge in [-0.25, -0.2) is 0 Å². The van der Waals surface area contributed by atoms with Crippen molar-refractivity contribution >= 4 is 11.3 Å². The van der Waals surface area contributed by atoms with Crippen molar-refractivity contribution in [2.45, 2.75) is 12.5 Å². The summed E-state index contributed by atoms with van der Waals surface area (Å²) < 4.78 is 4.92. The number of aliphatic hydroxyl groups is 1. The van der Waals surface area contributed by atoms with Gasteiger partial charge in [-0.05, 0) is 11.4 Å². The number of nitrogens with two attached hydrogens (primary N) is 1. The van der Waals surface area contributed by atoms with Gasteiger partial charge < -0.3 is 15.4 Å². The van der Waals surface area contributed by atoms with Crippen LogP contribution >= 0.6 is 11.3 Å². The maximum Gasteiger partial charge on any atom is 0.245 e. The van der Waals surface area contributed by atoms with Crippen LogP contribution in [-0.4, -0.2) is 21.9 Å². The highest BCUT2D eigenvalue weighted by Gasteiger charge is 2.13. The van der Waals surface area contributed by atoms with Crippen molar-refractivity contribution in [3.63, 3.8) is 0 Å². The van der Waals surface area contributed by atoms with E-state index < -0.39 is 6.04 Å². The van der Waals surface area contributed by atoms with Crippen molar-refractivity contribution in [1.82, 2.24) is 10.1 Å². The standard InChI is InChI=1S/C9H11N3O2S/c10-7(5-13)9-11-8(12-14-9)4-6-2-1-3-15-6/h1-3,7,13H,4-5,10H2/t7-/m0/s1. The van der Waals surface area contributed by atoms with Crippen LogP contribution in [0.2, 0.25) is 0 Å². The largest absolute Gasteiger partial charge is 0.394 e. The summed E-state index contributed by atoms with van der Waals surface area (Å²) in [5.41, 5.74) is 5.54. The second kappa shape index (κ2) is 4.52. The van der Waals surface area contributed by atoms with Gasteiger partial charge in [0.15, 0.2) is 5.82 Å². The molecule has 0 unspecified atom stereocenters. The normalized spacial score (nSPS) is 12.9. The average Bonchev–Trinajstić information content (AvgIpc) is 2.88. The summed E-state index contributed by atoms with van der Waals surface area (Å²) in [7, 11) is 0. The molecule has 2 aromatic rings. The number of thiophene rings is 1. The first kappa shape index (κ1) is 10.3. The Morgan fingerprint density at radius 2 is 2.47 bits per heavy atom. The molecule has 0 bridgehead atoms. The molecule has 1 atom stereocenters. The third-order valence-electron chi connectivity index (χ3n) is 1.91. The van der Waals surface area contributed by atoms with E-state index in [0.717, 1.165) is 0 Å². The van der Waals surface area contributed by atoms with Gasteiger partial charge in [-0.3, -0.25) is 0 Å². The molecule has 0 saturated heterocycles. The lowest BCUT2D eigenvalue weighted by atomic mass is 10.3. The van der Waals surface area contributed by atoms with Crippen LogP contribution in [0.15, 0.2) is 22.0 Å². The van der Waals surface area contributed by atoms with E-state index in [0.29, 0.717) is 12.2 Å². The zero-order valence-corrected chi connectivity index (χ0v) is 8.78. The number of rotatable bonds is 4. The molecule has 15 heavy (non-hydrogen) atoms. The molecule has 0 aliphatic carbocycles. The van der Waals surface area contributed by atoms with Crippen molar-refractivity contribution in [1.29, 1.82) is 0 Å². The fourth-order valence-electron chi connectivity index (χ4n) is 1.14. The highest BCUT2D eigenvalue weighted by atomic mass is 32.1. The van der Waals surface area contributed by atoms with Crippen LogP contribution in [-0.2, 0) is 6.42 Å². The molecule has 0 aliphatic heterocycles. The van der Waals surface area contributed by atoms with Crippen molar-refractivity contribution in [2.24, 2.45) is 5.73 Å². The van der Waals surface area contributed by atoms with Gasteiger partial charge >= 0.3 is 0 Å². The summed E-state index contributed by atoms with van der Waals surface area (Å²) in [6, 6.07) is 3.39. The molecule has 2 aromatic heterocycles. The molecule has 2 heterocycles. The van der Waals surface area contributed by atoms with Gasteiger partial charge in [-0.15, -0.1) is 11.3 Å². The summed E-state index contributed by atoms with van der Waals surface area (Å²) in [4.78, 5) is 5.27. The molecule has 0 aliphatic rings. The molecular weight excluding hydrogens is 214 g/mol. The Bertz CT molecular complexity index is 413. The fourth-order valence-corrected chi connectivity index (χ4v) is 1.84. The molecule has 0 amide bonds. The van der Waals surface area contributed by atoms with Gasteiger partial charge in [-0.1, -0.05) is 11.2 Å². The van der Waals surface area contributed by atoms with Crippen molar-refractivity contribution in [2.75, 3.05) is 6.61 Å². The maximum absolute atomic E-state index is 8.80. The van der Waals surface area contributed by atoms with E-state index in [2.05, 4.69) is 10.1 Å². The molecule has 0 fully saturated rings. The third-order valence-corrected chi connectivity index (χ3v) is 2.79. The Morgan fingerprint density at radius 1 is 1.60 bits per heavy atom. The minimum Gasteiger partial charge on any atom is -0.394 e. The Morgan fingerprint density at radius 3 is 3.13 bits per heavy atom. The molecular formula is C9H11N3O2S. The first-order valence-corrected chi connectivity index (χ1v) is 5.39. The Kier molecular flexibility index (Phi) is 3.10. The Balaban J connectivity index is 2.07. The van der Waals surface area contributed by atoms with Gasteiger partial charge in [0.2, 0.25) is 5.89 Å². The van der Waals surface area contributed by atoms with Gasteiger partial charge in [0, 0.05) is 11.3 Å². The zero-order valence-electron chi connectivity index (χ0n) is 7.96. The van der Waals surface area contributed by atoms with E-state index >= 15 is 0 Å². The number of hydrogen-bond acceptors (Lipinski definition) is 6.